The molecular formula is C21H20F3NO2. The van der Waals surface area contributed by atoms with Crippen LogP contribution in [-0.4, -0.2) is 24.5 Å². The molecule has 3 nitrogen and oxygen atoms in total. The van der Waals surface area contributed by atoms with Crippen LogP contribution in [0, 0.1) is 6.92 Å². The Hall–Kier alpha value is -2.73. The summed E-state index contributed by atoms with van der Waals surface area (Å²) in [5.41, 5.74) is 1.39. The van der Waals surface area contributed by atoms with E-state index in [9.17, 15) is 18.3 Å². The third-order valence-electron chi connectivity index (χ3n) is 4.63. The Balaban J connectivity index is 2.11. The minimum Gasteiger partial charge on any atom is -0.496 e. The third kappa shape index (κ3) is 3.85. The monoisotopic (exact) mass is 375 g/mol. The average Bonchev–Trinajstić information content (AvgIpc) is 2.65. The van der Waals surface area contributed by atoms with Gasteiger partial charge in [-0.1, -0.05) is 48.5 Å². The number of hydrogen-bond donors (Lipinski definition) is 2. The quantitative estimate of drug-likeness (QED) is 0.641. The lowest BCUT2D eigenvalue weighted by Gasteiger charge is -2.29. The number of aliphatic hydroxyl groups is 1. The van der Waals surface area contributed by atoms with Gasteiger partial charge in [0.05, 0.1) is 13.2 Å². The summed E-state index contributed by atoms with van der Waals surface area (Å²) in [6.45, 7) is 1.68. The maximum absolute atomic E-state index is 13.4. The molecule has 27 heavy (non-hydrogen) atoms. The van der Waals surface area contributed by atoms with E-state index >= 15 is 0 Å². The highest BCUT2D eigenvalue weighted by atomic mass is 19.4. The first-order valence-corrected chi connectivity index (χ1v) is 8.45. The number of anilines is 1. The SMILES string of the molecule is COc1cccc(C(Nc2cccc3ccccc23)C(O)C(F)(F)F)c1C. The van der Waals surface area contributed by atoms with Gasteiger partial charge < -0.3 is 15.2 Å². The van der Waals surface area contributed by atoms with Gasteiger partial charge in [-0.3, -0.25) is 0 Å². The van der Waals surface area contributed by atoms with Crippen molar-refractivity contribution in [2.24, 2.45) is 0 Å². The molecule has 142 valence electrons. The predicted octanol–water partition coefficient (Wildman–Crippen LogP) is 5.23. The van der Waals surface area contributed by atoms with E-state index in [-0.39, 0.29) is 0 Å². The van der Waals surface area contributed by atoms with E-state index < -0.39 is 18.3 Å². The number of alkyl halides is 3. The summed E-state index contributed by atoms with van der Waals surface area (Å²) in [7, 11) is 1.46. The van der Waals surface area contributed by atoms with Gasteiger partial charge in [0.25, 0.3) is 0 Å². The van der Waals surface area contributed by atoms with Crippen LogP contribution in [0.5, 0.6) is 5.75 Å². The lowest BCUT2D eigenvalue weighted by Crippen LogP contribution is -2.38. The van der Waals surface area contributed by atoms with Crippen LogP contribution in [0.15, 0.2) is 60.7 Å². The van der Waals surface area contributed by atoms with Crippen molar-refractivity contribution in [1.82, 2.24) is 0 Å². The van der Waals surface area contributed by atoms with Crippen molar-refractivity contribution < 1.29 is 23.0 Å². The lowest BCUT2D eigenvalue weighted by atomic mass is 9.95. The molecule has 0 fully saturated rings. The van der Waals surface area contributed by atoms with Gasteiger partial charge in [0.2, 0.25) is 0 Å². The number of aliphatic hydroxyl groups excluding tert-OH is 1. The molecule has 0 saturated heterocycles. The molecule has 3 rings (SSSR count). The van der Waals surface area contributed by atoms with Gasteiger partial charge in [-0.25, -0.2) is 0 Å². The Morgan fingerprint density at radius 1 is 0.963 bits per heavy atom. The third-order valence-corrected chi connectivity index (χ3v) is 4.63. The van der Waals surface area contributed by atoms with Crippen molar-refractivity contribution in [1.29, 1.82) is 0 Å². The molecule has 3 aromatic carbocycles. The van der Waals surface area contributed by atoms with Crippen LogP contribution in [0.4, 0.5) is 18.9 Å². The molecule has 0 aromatic heterocycles. The van der Waals surface area contributed by atoms with Crippen molar-refractivity contribution in [3.63, 3.8) is 0 Å². The maximum atomic E-state index is 13.4. The fraction of sp³-hybridized carbons (Fsp3) is 0.238. The Labute approximate surface area is 155 Å². The fourth-order valence-electron chi connectivity index (χ4n) is 3.22. The number of ether oxygens (including phenoxy) is 1. The van der Waals surface area contributed by atoms with Crippen LogP contribution in [0.1, 0.15) is 17.2 Å². The molecule has 0 saturated carbocycles. The summed E-state index contributed by atoms with van der Waals surface area (Å²) in [5.74, 6) is 0.464. The zero-order chi connectivity index (χ0) is 19.6. The summed E-state index contributed by atoms with van der Waals surface area (Å²) < 4.78 is 45.4. The number of fused-ring (bicyclic) bond motifs is 1. The molecule has 6 heteroatoms. The van der Waals surface area contributed by atoms with Crippen LogP contribution in [0.2, 0.25) is 0 Å². The van der Waals surface area contributed by atoms with Gasteiger partial charge in [0.15, 0.2) is 6.10 Å². The molecule has 0 radical (unpaired) electrons. The van der Waals surface area contributed by atoms with E-state index in [2.05, 4.69) is 5.32 Å². The molecule has 0 heterocycles. The predicted molar refractivity (Wildman–Crippen MR) is 100 cm³/mol. The number of nitrogens with one attached hydrogen (secondary N) is 1. The maximum Gasteiger partial charge on any atom is 0.416 e. The van der Waals surface area contributed by atoms with Crippen LogP contribution in [0.25, 0.3) is 10.8 Å². The molecule has 3 aromatic rings. The van der Waals surface area contributed by atoms with Gasteiger partial charge in [0, 0.05) is 11.1 Å². The molecule has 0 amide bonds. The Morgan fingerprint density at radius 2 is 1.63 bits per heavy atom. The largest absolute Gasteiger partial charge is 0.496 e. The zero-order valence-electron chi connectivity index (χ0n) is 14.9. The molecule has 2 atom stereocenters. The summed E-state index contributed by atoms with van der Waals surface area (Å²) in [6, 6.07) is 16.2. The van der Waals surface area contributed by atoms with Crippen LogP contribution >= 0.6 is 0 Å². The van der Waals surface area contributed by atoms with E-state index in [1.165, 1.54) is 7.11 Å². The first-order valence-electron chi connectivity index (χ1n) is 8.45. The van der Waals surface area contributed by atoms with Gasteiger partial charge in [-0.05, 0) is 35.6 Å². The van der Waals surface area contributed by atoms with Crippen LogP contribution in [-0.2, 0) is 0 Å². The number of benzene rings is 3. The fourth-order valence-corrected chi connectivity index (χ4v) is 3.22. The van der Waals surface area contributed by atoms with Crippen LogP contribution < -0.4 is 10.1 Å². The lowest BCUT2D eigenvalue weighted by molar-refractivity contribution is -0.208. The van der Waals surface area contributed by atoms with Crippen LogP contribution in [0.3, 0.4) is 0 Å². The average molecular weight is 375 g/mol. The van der Waals surface area contributed by atoms with Crippen molar-refractivity contribution in [3.05, 3.63) is 71.8 Å². The molecule has 0 aliphatic heterocycles. The van der Waals surface area contributed by atoms with E-state index in [0.717, 1.165) is 10.8 Å². The molecule has 0 aliphatic carbocycles. The zero-order valence-corrected chi connectivity index (χ0v) is 14.9. The second-order valence-corrected chi connectivity index (χ2v) is 6.31. The summed E-state index contributed by atoms with van der Waals surface area (Å²) in [6.07, 6.45) is -7.36. The number of halogens is 3. The summed E-state index contributed by atoms with van der Waals surface area (Å²) in [4.78, 5) is 0. The molecular weight excluding hydrogens is 355 g/mol. The van der Waals surface area contributed by atoms with Crippen molar-refractivity contribution in [2.75, 3.05) is 12.4 Å². The minimum atomic E-state index is -4.78. The first-order chi connectivity index (χ1) is 12.8. The Kier molecular flexibility index (Phi) is 5.28. The Bertz CT molecular complexity index is 935. The Morgan fingerprint density at radius 3 is 2.33 bits per heavy atom. The van der Waals surface area contributed by atoms with E-state index in [4.69, 9.17) is 4.74 Å². The van der Waals surface area contributed by atoms with Gasteiger partial charge >= 0.3 is 6.18 Å². The summed E-state index contributed by atoms with van der Waals surface area (Å²) in [5, 5.41) is 14.7. The number of methoxy groups -OCH3 is 1. The summed E-state index contributed by atoms with van der Waals surface area (Å²) >= 11 is 0. The molecule has 2 unspecified atom stereocenters. The second kappa shape index (κ2) is 7.48. The highest BCUT2D eigenvalue weighted by Crippen LogP contribution is 2.37. The molecule has 0 spiro atoms. The van der Waals surface area contributed by atoms with Gasteiger partial charge in [-0.2, -0.15) is 13.2 Å². The minimum absolute atomic E-state index is 0.326. The molecule has 0 aliphatic rings. The number of hydrogen-bond acceptors (Lipinski definition) is 3. The topological polar surface area (TPSA) is 41.5 Å². The number of rotatable bonds is 5. The molecule has 0 bridgehead atoms. The smallest absolute Gasteiger partial charge is 0.416 e. The van der Waals surface area contributed by atoms with Gasteiger partial charge in [-0.15, -0.1) is 0 Å². The highest BCUT2D eigenvalue weighted by Gasteiger charge is 2.45. The first kappa shape index (κ1) is 19.0. The highest BCUT2D eigenvalue weighted by molar-refractivity contribution is 5.94. The normalized spacial score (nSPS) is 14.0. The van der Waals surface area contributed by atoms with Crippen molar-refractivity contribution >= 4 is 16.5 Å². The van der Waals surface area contributed by atoms with Gasteiger partial charge in [0.1, 0.15) is 5.75 Å². The standard InChI is InChI=1S/C21H20F3NO2/c1-13-15(10-6-12-18(13)27-2)19(20(26)21(22,23)24)25-17-11-5-8-14-7-3-4-9-16(14)17/h3-12,19-20,25-26H,1-2H3. The van der Waals surface area contributed by atoms with Crippen molar-refractivity contribution in [3.8, 4) is 5.75 Å². The van der Waals surface area contributed by atoms with E-state index in [1.807, 2.05) is 30.3 Å². The van der Waals surface area contributed by atoms with Crippen molar-refractivity contribution in [2.45, 2.75) is 25.2 Å². The second-order valence-electron chi connectivity index (χ2n) is 6.31. The van der Waals surface area contributed by atoms with E-state index in [1.54, 1.807) is 37.3 Å². The molecule has 2 N–H and O–H groups in total. The van der Waals surface area contributed by atoms with E-state index in [0.29, 0.717) is 22.6 Å².